The lowest BCUT2D eigenvalue weighted by Gasteiger charge is -2.21. The molecule has 2 heteroatoms. The lowest BCUT2D eigenvalue weighted by molar-refractivity contribution is 0.949. The molecule has 2 N–H and O–H groups in total. The monoisotopic (exact) mass is 190 g/mol. The van der Waals surface area contributed by atoms with Crippen LogP contribution in [-0.2, 0) is 0 Å². The van der Waals surface area contributed by atoms with Crippen molar-refractivity contribution in [3.05, 3.63) is 23.3 Å². The number of rotatable bonds is 1. The number of nitrogens with two attached hydrogens (primary N) is 1. The molecule has 14 heavy (non-hydrogen) atoms. The number of anilines is 2. The maximum atomic E-state index is 5.87. The fourth-order valence-electron chi connectivity index (χ4n) is 2.15. The van der Waals surface area contributed by atoms with Gasteiger partial charge in [0.05, 0.1) is 0 Å². The Morgan fingerprint density at radius 2 is 1.79 bits per heavy atom. The van der Waals surface area contributed by atoms with Crippen molar-refractivity contribution in [3.63, 3.8) is 0 Å². The van der Waals surface area contributed by atoms with Gasteiger partial charge in [-0.05, 0) is 49.9 Å². The van der Waals surface area contributed by atoms with Crippen LogP contribution in [0.3, 0.4) is 0 Å². The zero-order valence-corrected chi connectivity index (χ0v) is 9.01. The molecule has 0 unspecified atom stereocenters. The van der Waals surface area contributed by atoms with E-state index in [2.05, 4.69) is 30.9 Å². The predicted octanol–water partition coefficient (Wildman–Crippen LogP) is 2.49. The molecule has 0 aliphatic carbocycles. The van der Waals surface area contributed by atoms with Crippen LogP contribution in [0.5, 0.6) is 0 Å². The molecule has 1 aliphatic heterocycles. The van der Waals surface area contributed by atoms with Crippen LogP contribution in [0.25, 0.3) is 0 Å². The summed E-state index contributed by atoms with van der Waals surface area (Å²) in [6.45, 7) is 6.68. The van der Waals surface area contributed by atoms with E-state index in [9.17, 15) is 0 Å². The van der Waals surface area contributed by atoms with Gasteiger partial charge in [-0.25, -0.2) is 0 Å². The van der Waals surface area contributed by atoms with E-state index in [1.165, 1.54) is 42.7 Å². The van der Waals surface area contributed by atoms with Crippen LogP contribution in [0.2, 0.25) is 0 Å². The quantitative estimate of drug-likeness (QED) is 0.689. The largest absolute Gasteiger partial charge is 0.399 e. The molecule has 0 amide bonds. The summed E-state index contributed by atoms with van der Waals surface area (Å²) in [5.74, 6) is 0. The molecule has 1 fully saturated rings. The summed E-state index contributed by atoms with van der Waals surface area (Å²) in [4.78, 5) is 2.44. The Hall–Kier alpha value is -1.18. The molecule has 0 aromatic heterocycles. The molecular formula is C12H18N2. The van der Waals surface area contributed by atoms with E-state index < -0.39 is 0 Å². The normalized spacial score (nSPS) is 16.3. The van der Waals surface area contributed by atoms with Crippen LogP contribution < -0.4 is 10.6 Å². The summed E-state index contributed by atoms with van der Waals surface area (Å²) >= 11 is 0. The van der Waals surface area contributed by atoms with Gasteiger partial charge in [0.1, 0.15) is 0 Å². The van der Waals surface area contributed by atoms with Crippen molar-refractivity contribution < 1.29 is 0 Å². The van der Waals surface area contributed by atoms with Gasteiger partial charge >= 0.3 is 0 Å². The van der Waals surface area contributed by atoms with E-state index >= 15 is 0 Å². The van der Waals surface area contributed by atoms with Gasteiger partial charge in [-0.2, -0.15) is 0 Å². The minimum atomic E-state index is 0.884. The lowest BCUT2D eigenvalue weighted by atomic mass is 10.1. The van der Waals surface area contributed by atoms with E-state index in [1.807, 2.05) is 0 Å². The summed E-state index contributed by atoms with van der Waals surface area (Å²) in [5, 5.41) is 0. The van der Waals surface area contributed by atoms with Gasteiger partial charge < -0.3 is 10.6 Å². The maximum absolute atomic E-state index is 5.87. The number of hydrogen-bond acceptors (Lipinski definition) is 2. The Labute approximate surface area is 85.7 Å². The predicted molar refractivity (Wildman–Crippen MR) is 61.8 cm³/mol. The molecule has 0 atom stereocenters. The summed E-state index contributed by atoms with van der Waals surface area (Å²) < 4.78 is 0. The first-order chi connectivity index (χ1) is 6.68. The first-order valence-electron chi connectivity index (χ1n) is 5.30. The molecule has 0 bridgehead atoms. The zero-order valence-electron chi connectivity index (χ0n) is 9.01. The molecule has 1 aromatic rings. The van der Waals surface area contributed by atoms with Gasteiger partial charge in [0.2, 0.25) is 0 Å². The van der Waals surface area contributed by atoms with Crippen LogP contribution in [-0.4, -0.2) is 13.1 Å². The van der Waals surface area contributed by atoms with Gasteiger partial charge in [0, 0.05) is 24.5 Å². The van der Waals surface area contributed by atoms with Crippen molar-refractivity contribution in [1.29, 1.82) is 0 Å². The fourth-order valence-corrected chi connectivity index (χ4v) is 2.15. The summed E-state index contributed by atoms with van der Waals surface area (Å²) in [6.07, 6.45) is 2.63. The standard InChI is InChI=1S/C12H18N2/c1-9-7-11(13)8-12(10(9)2)14-5-3-4-6-14/h7-8H,3-6,13H2,1-2H3. The van der Waals surface area contributed by atoms with E-state index in [1.54, 1.807) is 0 Å². The number of hydrogen-bond donors (Lipinski definition) is 1. The molecular weight excluding hydrogens is 172 g/mol. The SMILES string of the molecule is Cc1cc(N)cc(N2CCCC2)c1C. The van der Waals surface area contributed by atoms with Crippen LogP contribution in [0.1, 0.15) is 24.0 Å². The summed E-state index contributed by atoms with van der Waals surface area (Å²) in [6, 6.07) is 4.16. The molecule has 1 heterocycles. The second kappa shape index (κ2) is 3.52. The molecule has 0 radical (unpaired) electrons. The van der Waals surface area contributed by atoms with Crippen molar-refractivity contribution in [2.24, 2.45) is 0 Å². The number of nitrogen functional groups attached to an aromatic ring is 1. The molecule has 0 spiro atoms. The molecule has 1 aromatic carbocycles. The van der Waals surface area contributed by atoms with E-state index in [0.29, 0.717) is 0 Å². The molecule has 1 saturated heterocycles. The third-order valence-electron chi connectivity index (χ3n) is 3.11. The lowest BCUT2D eigenvalue weighted by Crippen LogP contribution is -2.19. The molecule has 0 saturated carbocycles. The van der Waals surface area contributed by atoms with Crippen LogP contribution >= 0.6 is 0 Å². The highest BCUT2D eigenvalue weighted by Gasteiger charge is 2.15. The maximum Gasteiger partial charge on any atom is 0.0419 e. The average molecular weight is 190 g/mol. The Balaban J connectivity index is 2.40. The molecule has 1 aliphatic rings. The minimum absolute atomic E-state index is 0.884. The Morgan fingerprint density at radius 3 is 2.43 bits per heavy atom. The van der Waals surface area contributed by atoms with Gasteiger partial charge in [0.25, 0.3) is 0 Å². The van der Waals surface area contributed by atoms with Gasteiger partial charge in [0.15, 0.2) is 0 Å². The second-order valence-electron chi connectivity index (χ2n) is 4.18. The van der Waals surface area contributed by atoms with E-state index in [-0.39, 0.29) is 0 Å². The Bertz CT molecular complexity index is 338. The number of aryl methyl sites for hydroxylation is 1. The van der Waals surface area contributed by atoms with Crippen LogP contribution in [0, 0.1) is 13.8 Å². The topological polar surface area (TPSA) is 29.3 Å². The first kappa shape index (κ1) is 9.38. The van der Waals surface area contributed by atoms with E-state index in [4.69, 9.17) is 5.73 Å². The van der Waals surface area contributed by atoms with Crippen molar-refractivity contribution in [2.45, 2.75) is 26.7 Å². The molecule has 2 nitrogen and oxygen atoms in total. The number of nitrogens with zero attached hydrogens (tertiary/aromatic N) is 1. The third-order valence-corrected chi connectivity index (χ3v) is 3.11. The minimum Gasteiger partial charge on any atom is -0.399 e. The Kier molecular flexibility index (Phi) is 2.36. The Morgan fingerprint density at radius 1 is 1.14 bits per heavy atom. The highest BCUT2D eigenvalue weighted by Crippen LogP contribution is 2.28. The molecule has 2 rings (SSSR count). The van der Waals surface area contributed by atoms with Crippen molar-refractivity contribution in [1.82, 2.24) is 0 Å². The van der Waals surface area contributed by atoms with Gasteiger partial charge in [-0.15, -0.1) is 0 Å². The second-order valence-corrected chi connectivity index (χ2v) is 4.18. The number of benzene rings is 1. The van der Waals surface area contributed by atoms with Crippen molar-refractivity contribution in [2.75, 3.05) is 23.7 Å². The highest BCUT2D eigenvalue weighted by molar-refractivity contribution is 5.64. The summed E-state index contributed by atoms with van der Waals surface area (Å²) in [5.41, 5.74) is 10.8. The molecule has 76 valence electrons. The third kappa shape index (κ3) is 1.57. The summed E-state index contributed by atoms with van der Waals surface area (Å²) in [7, 11) is 0. The zero-order chi connectivity index (χ0) is 10.1. The smallest absolute Gasteiger partial charge is 0.0419 e. The first-order valence-corrected chi connectivity index (χ1v) is 5.30. The van der Waals surface area contributed by atoms with Crippen LogP contribution in [0.4, 0.5) is 11.4 Å². The van der Waals surface area contributed by atoms with Gasteiger partial charge in [-0.3, -0.25) is 0 Å². The van der Waals surface area contributed by atoms with Crippen LogP contribution in [0.15, 0.2) is 12.1 Å². The van der Waals surface area contributed by atoms with E-state index in [0.717, 1.165) is 5.69 Å². The average Bonchev–Trinajstić information content (AvgIpc) is 2.63. The highest BCUT2D eigenvalue weighted by atomic mass is 15.1. The fraction of sp³-hybridized carbons (Fsp3) is 0.500. The van der Waals surface area contributed by atoms with Crippen molar-refractivity contribution >= 4 is 11.4 Å². The van der Waals surface area contributed by atoms with Gasteiger partial charge in [-0.1, -0.05) is 0 Å². The van der Waals surface area contributed by atoms with Crippen molar-refractivity contribution in [3.8, 4) is 0 Å².